The molecular weight excluding hydrogens is 236 g/mol. The highest BCUT2D eigenvalue weighted by Gasteiger charge is 2.21. The molecule has 0 spiro atoms. The molecule has 1 saturated heterocycles. The van der Waals surface area contributed by atoms with Gasteiger partial charge in [0.15, 0.2) is 0 Å². The number of nitrogens with one attached hydrogen (secondary N) is 1. The lowest BCUT2D eigenvalue weighted by Gasteiger charge is -2.36. The van der Waals surface area contributed by atoms with Gasteiger partial charge in [0.2, 0.25) is 0 Å². The Morgan fingerprint density at radius 3 is 2.76 bits per heavy atom. The van der Waals surface area contributed by atoms with E-state index in [9.17, 15) is 8.42 Å². The predicted octanol–water partition coefficient (Wildman–Crippen LogP) is 0.885. The summed E-state index contributed by atoms with van der Waals surface area (Å²) in [4.78, 5) is 2.45. The first kappa shape index (κ1) is 14.9. The van der Waals surface area contributed by atoms with E-state index in [1.807, 2.05) is 0 Å². The maximum Gasteiger partial charge on any atom is 0.150 e. The molecule has 17 heavy (non-hydrogen) atoms. The average Bonchev–Trinajstić information content (AvgIpc) is 2.31. The van der Waals surface area contributed by atoms with Crippen molar-refractivity contribution in [1.82, 2.24) is 10.2 Å². The molecule has 0 aromatic rings. The molecule has 1 aliphatic rings. The van der Waals surface area contributed by atoms with Crippen molar-refractivity contribution in [2.24, 2.45) is 0 Å². The third kappa shape index (κ3) is 5.36. The minimum Gasteiger partial charge on any atom is -0.314 e. The summed E-state index contributed by atoms with van der Waals surface area (Å²) in [7, 11) is -2.79. The number of sulfone groups is 1. The van der Waals surface area contributed by atoms with Crippen molar-refractivity contribution in [1.29, 1.82) is 0 Å². The number of nitrogens with zero attached hydrogens (tertiary/aromatic N) is 1. The lowest BCUT2D eigenvalue weighted by molar-refractivity contribution is 0.153. The van der Waals surface area contributed by atoms with Crippen molar-refractivity contribution in [3.05, 3.63) is 0 Å². The Bertz CT molecular complexity index is 302. The van der Waals surface area contributed by atoms with Crippen LogP contribution in [0.4, 0.5) is 0 Å². The Hall–Kier alpha value is -0.130. The van der Waals surface area contributed by atoms with Crippen LogP contribution < -0.4 is 5.32 Å². The fourth-order valence-electron chi connectivity index (χ4n) is 2.35. The molecule has 1 atom stereocenters. The van der Waals surface area contributed by atoms with Crippen LogP contribution in [-0.2, 0) is 9.84 Å². The largest absolute Gasteiger partial charge is 0.314 e. The maximum absolute atomic E-state index is 11.4. The van der Waals surface area contributed by atoms with Gasteiger partial charge in [0.05, 0.1) is 5.75 Å². The van der Waals surface area contributed by atoms with Gasteiger partial charge in [0.1, 0.15) is 9.84 Å². The first-order chi connectivity index (χ1) is 8.09. The van der Waals surface area contributed by atoms with Gasteiger partial charge in [0, 0.05) is 31.4 Å². The molecule has 1 aliphatic heterocycles. The van der Waals surface area contributed by atoms with Crippen LogP contribution in [0.3, 0.4) is 0 Å². The van der Waals surface area contributed by atoms with Gasteiger partial charge in [-0.1, -0.05) is 20.3 Å². The standard InChI is InChI=1S/C12H26N2O2S/c1-3-6-12-11-13-7-9-14(12)8-5-10-17(15,16)4-2/h12-13H,3-11H2,1-2H3. The van der Waals surface area contributed by atoms with Crippen LogP contribution in [0.15, 0.2) is 0 Å². The highest BCUT2D eigenvalue weighted by atomic mass is 32.2. The van der Waals surface area contributed by atoms with Gasteiger partial charge in [-0.3, -0.25) is 4.90 Å². The van der Waals surface area contributed by atoms with Crippen LogP contribution in [0, 0.1) is 0 Å². The minimum atomic E-state index is -2.79. The Balaban J connectivity index is 2.33. The van der Waals surface area contributed by atoms with Crippen LogP contribution in [0.2, 0.25) is 0 Å². The molecule has 102 valence electrons. The molecule has 1 fully saturated rings. The molecule has 1 N–H and O–H groups in total. The number of hydrogen-bond acceptors (Lipinski definition) is 4. The van der Waals surface area contributed by atoms with E-state index in [2.05, 4.69) is 17.1 Å². The van der Waals surface area contributed by atoms with Crippen molar-refractivity contribution < 1.29 is 8.42 Å². The normalized spacial score (nSPS) is 22.8. The summed E-state index contributed by atoms with van der Waals surface area (Å²) in [5, 5.41) is 3.41. The Morgan fingerprint density at radius 2 is 2.12 bits per heavy atom. The molecule has 0 aliphatic carbocycles. The van der Waals surface area contributed by atoms with Crippen LogP contribution in [0.25, 0.3) is 0 Å². The molecule has 4 nitrogen and oxygen atoms in total. The molecule has 5 heteroatoms. The average molecular weight is 262 g/mol. The van der Waals surface area contributed by atoms with Gasteiger partial charge in [-0.05, 0) is 19.4 Å². The highest BCUT2D eigenvalue weighted by Crippen LogP contribution is 2.10. The summed E-state index contributed by atoms with van der Waals surface area (Å²) in [6.07, 6.45) is 3.17. The van der Waals surface area contributed by atoms with Gasteiger partial charge in [0.25, 0.3) is 0 Å². The molecule has 0 amide bonds. The third-order valence-corrected chi connectivity index (χ3v) is 5.22. The zero-order valence-corrected chi connectivity index (χ0v) is 11.9. The van der Waals surface area contributed by atoms with Crippen molar-refractivity contribution in [2.45, 2.75) is 39.2 Å². The topological polar surface area (TPSA) is 49.4 Å². The summed E-state index contributed by atoms with van der Waals surface area (Å²) in [5.41, 5.74) is 0. The molecule has 0 bridgehead atoms. The van der Waals surface area contributed by atoms with Gasteiger partial charge < -0.3 is 5.32 Å². The van der Waals surface area contributed by atoms with Gasteiger partial charge in [-0.15, -0.1) is 0 Å². The zero-order chi connectivity index (χ0) is 12.7. The van der Waals surface area contributed by atoms with Gasteiger partial charge >= 0.3 is 0 Å². The molecule has 1 unspecified atom stereocenters. The van der Waals surface area contributed by atoms with E-state index in [4.69, 9.17) is 0 Å². The summed E-state index contributed by atoms with van der Waals surface area (Å²) in [6, 6.07) is 0.595. The van der Waals surface area contributed by atoms with Crippen LogP contribution in [-0.4, -0.2) is 57.0 Å². The van der Waals surface area contributed by atoms with Gasteiger partial charge in [-0.2, -0.15) is 0 Å². The number of hydrogen-bond donors (Lipinski definition) is 1. The second kappa shape index (κ2) is 7.34. The second-order valence-corrected chi connectivity index (χ2v) is 7.25. The molecule has 0 saturated carbocycles. The fraction of sp³-hybridized carbons (Fsp3) is 1.00. The van der Waals surface area contributed by atoms with Crippen LogP contribution in [0.5, 0.6) is 0 Å². The maximum atomic E-state index is 11.4. The quantitative estimate of drug-likeness (QED) is 0.740. The van der Waals surface area contributed by atoms with Crippen molar-refractivity contribution in [2.75, 3.05) is 37.7 Å². The van der Waals surface area contributed by atoms with E-state index in [1.54, 1.807) is 6.92 Å². The summed E-state index contributed by atoms with van der Waals surface area (Å²) < 4.78 is 22.8. The van der Waals surface area contributed by atoms with E-state index in [0.717, 1.165) is 32.6 Å². The van der Waals surface area contributed by atoms with E-state index < -0.39 is 9.84 Å². The molecule has 0 aromatic heterocycles. The second-order valence-electron chi connectivity index (χ2n) is 4.77. The first-order valence-corrected chi connectivity index (χ1v) is 8.56. The molecule has 1 heterocycles. The molecule has 0 aromatic carbocycles. The SMILES string of the molecule is CCCC1CNCCN1CCCS(=O)(=O)CC. The van der Waals surface area contributed by atoms with Crippen LogP contribution >= 0.6 is 0 Å². The van der Waals surface area contributed by atoms with E-state index in [-0.39, 0.29) is 5.75 Å². The van der Waals surface area contributed by atoms with E-state index in [1.165, 1.54) is 12.8 Å². The van der Waals surface area contributed by atoms with E-state index >= 15 is 0 Å². The predicted molar refractivity (Wildman–Crippen MR) is 72.1 cm³/mol. The summed E-state index contributed by atoms with van der Waals surface area (Å²) in [5.74, 6) is 0.610. The van der Waals surface area contributed by atoms with Gasteiger partial charge in [-0.25, -0.2) is 8.42 Å². The Morgan fingerprint density at radius 1 is 1.35 bits per heavy atom. The van der Waals surface area contributed by atoms with Crippen molar-refractivity contribution >= 4 is 9.84 Å². The number of rotatable bonds is 7. The molecular formula is C12H26N2O2S. The Labute approximate surface area is 106 Å². The zero-order valence-electron chi connectivity index (χ0n) is 11.1. The fourth-order valence-corrected chi connectivity index (χ4v) is 3.20. The third-order valence-electron chi connectivity index (χ3n) is 3.43. The van der Waals surface area contributed by atoms with Crippen molar-refractivity contribution in [3.63, 3.8) is 0 Å². The monoisotopic (exact) mass is 262 g/mol. The van der Waals surface area contributed by atoms with Crippen LogP contribution in [0.1, 0.15) is 33.1 Å². The minimum absolute atomic E-state index is 0.271. The summed E-state index contributed by atoms with van der Waals surface area (Å²) >= 11 is 0. The first-order valence-electron chi connectivity index (χ1n) is 6.74. The lowest BCUT2D eigenvalue weighted by Crippen LogP contribution is -2.51. The summed E-state index contributed by atoms with van der Waals surface area (Å²) in [6.45, 7) is 7.98. The van der Waals surface area contributed by atoms with E-state index in [0.29, 0.717) is 11.8 Å². The molecule has 0 radical (unpaired) electrons. The smallest absolute Gasteiger partial charge is 0.150 e. The van der Waals surface area contributed by atoms with Crippen molar-refractivity contribution in [3.8, 4) is 0 Å². The lowest BCUT2D eigenvalue weighted by atomic mass is 10.1. The molecule has 1 rings (SSSR count). The highest BCUT2D eigenvalue weighted by molar-refractivity contribution is 7.91. The number of piperazine rings is 1. The Kier molecular flexibility index (Phi) is 6.44.